The van der Waals surface area contributed by atoms with Gasteiger partial charge >= 0.3 is 12.5 Å². The van der Waals surface area contributed by atoms with Crippen LogP contribution in [0.4, 0.5) is 26.3 Å². The van der Waals surface area contributed by atoms with Crippen molar-refractivity contribution in [3.05, 3.63) is 29.3 Å². The van der Waals surface area contributed by atoms with Crippen LogP contribution in [0.25, 0.3) is 0 Å². The first-order chi connectivity index (χ1) is 8.92. The minimum atomic E-state index is -5.11. The van der Waals surface area contributed by atoms with Crippen LogP contribution in [0, 0.1) is 0 Å². The van der Waals surface area contributed by atoms with Crippen molar-refractivity contribution in [3.8, 4) is 5.75 Å². The van der Waals surface area contributed by atoms with Gasteiger partial charge in [-0.25, -0.2) is 0 Å². The Labute approximate surface area is 117 Å². The lowest BCUT2D eigenvalue weighted by atomic mass is 10.0. The van der Waals surface area contributed by atoms with Gasteiger partial charge in [0.25, 0.3) is 0 Å². The molecule has 0 aliphatic rings. The number of hydrogen-bond donors (Lipinski definition) is 0. The molecule has 0 radical (unpaired) electrons. The Balaban J connectivity index is 3.35. The lowest BCUT2D eigenvalue weighted by Gasteiger charge is -2.15. The van der Waals surface area contributed by atoms with Gasteiger partial charge in [-0.2, -0.15) is 13.2 Å². The van der Waals surface area contributed by atoms with E-state index in [4.69, 9.17) is 0 Å². The van der Waals surface area contributed by atoms with Gasteiger partial charge in [-0.15, -0.1) is 13.2 Å². The number of ether oxygens (including phenoxy) is 1. The van der Waals surface area contributed by atoms with E-state index in [1.165, 1.54) is 6.92 Å². The predicted molar refractivity (Wildman–Crippen MR) is 60.8 cm³/mol. The number of carbonyl (C=O) groups excluding carboxylic acids is 1. The molecule has 0 amide bonds. The van der Waals surface area contributed by atoms with E-state index in [0.717, 1.165) is 0 Å². The highest BCUT2D eigenvalue weighted by Gasteiger charge is 2.36. The van der Waals surface area contributed by atoms with Gasteiger partial charge < -0.3 is 4.74 Å². The molecule has 1 aromatic carbocycles. The molecule has 1 unspecified atom stereocenters. The van der Waals surface area contributed by atoms with Crippen molar-refractivity contribution in [2.45, 2.75) is 24.3 Å². The third-order valence-electron chi connectivity index (χ3n) is 2.16. The molecule has 20 heavy (non-hydrogen) atoms. The normalized spacial score (nSPS) is 14.0. The maximum absolute atomic E-state index is 12.5. The Hall–Kier alpha value is -1.25. The maximum atomic E-state index is 12.5. The summed E-state index contributed by atoms with van der Waals surface area (Å²) in [5.74, 6) is -1.92. The molecular weight excluding hydrogens is 358 g/mol. The average molecular weight is 365 g/mol. The second-order valence-corrected chi connectivity index (χ2v) is 5.11. The molecule has 112 valence electrons. The summed E-state index contributed by atoms with van der Waals surface area (Å²) in [7, 11) is 0. The zero-order chi connectivity index (χ0) is 15.7. The first kappa shape index (κ1) is 16.8. The fourth-order valence-electron chi connectivity index (χ4n) is 1.33. The molecule has 1 atom stereocenters. The summed E-state index contributed by atoms with van der Waals surface area (Å²) in [4.78, 5) is 10.7. The highest BCUT2D eigenvalue weighted by atomic mass is 79.9. The molecule has 0 saturated carbocycles. The number of ketones is 1. The second-order valence-electron chi connectivity index (χ2n) is 3.74. The standard InChI is InChI=1S/C11H7BrF6O2/c1-5(12)9(19)7-4-6(10(13,14)15)2-3-8(7)20-11(16,17)18/h2-5H,1H3. The first-order valence-corrected chi connectivity index (χ1v) is 5.98. The van der Waals surface area contributed by atoms with Gasteiger partial charge in [-0.1, -0.05) is 15.9 Å². The molecule has 0 aliphatic carbocycles. The lowest BCUT2D eigenvalue weighted by Crippen LogP contribution is -2.21. The zero-order valence-electron chi connectivity index (χ0n) is 9.77. The Morgan fingerprint density at radius 3 is 2.15 bits per heavy atom. The number of carbonyl (C=O) groups is 1. The monoisotopic (exact) mass is 364 g/mol. The molecule has 0 heterocycles. The van der Waals surface area contributed by atoms with E-state index < -0.39 is 40.0 Å². The van der Waals surface area contributed by atoms with Gasteiger partial charge in [0.1, 0.15) is 5.75 Å². The van der Waals surface area contributed by atoms with E-state index in [-0.39, 0.29) is 0 Å². The van der Waals surface area contributed by atoms with Crippen LogP contribution in [-0.2, 0) is 6.18 Å². The predicted octanol–water partition coefficient (Wildman–Crippen LogP) is 4.57. The quantitative estimate of drug-likeness (QED) is 0.446. The third-order valence-corrected chi connectivity index (χ3v) is 2.58. The average Bonchev–Trinajstić information content (AvgIpc) is 2.24. The molecule has 2 nitrogen and oxygen atoms in total. The Morgan fingerprint density at radius 1 is 1.20 bits per heavy atom. The van der Waals surface area contributed by atoms with Crippen LogP contribution < -0.4 is 4.74 Å². The number of benzene rings is 1. The van der Waals surface area contributed by atoms with E-state index in [1.54, 1.807) is 0 Å². The van der Waals surface area contributed by atoms with Crippen molar-refractivity contribution in [2.24, 2.45) is 0 Å². The summed E-state index contributed by atoms with van der Waals surface area (Å²) < 4.78 is 77.6. The molecule has 1 rings (SSSR count). The van der Waals surface area contributed by atoms with Gasteiger partial charge in [0, 0.05) is 0 Å². The number of halogens is 7. The topological polar surface area (TPSA) is 26.3 Å². The van der Waals surface area contributed by atoms with Crippen LogP contribution in [-0.4, -0.2) is 17.0 Å². The Bertz CT molecular complexity index is 507. The summed E-state index contributed by atoms with van der Waals surface area (Å²) in [5, 5.41) is 0. The summed E-state index contributed by atoms with van der Waals surface area (Å²) in [6.07, 6.45) is -9.88. The summed E-state index contributed by atoms with van der Waals surface area (Å²) in [6, 6.07) is 1.22. The smallest absolute Gasteiger partial charge is 0.405 e. The van der Waals surface area contributed by atoms with E-state index in [1.807, 2.05) is 0 Å². The summed E-state index contributed by atoms with van der Waals surface area (Å²) in [6.45, 7) is 1.28. The molecule has 9 heteroatoms. The molecule has 0 fully saturated rings. The van der Waals surface area contributed by atoms with Crippen molar-refractivity contribution in [1.29, 1.82) is 0 Å². The molecule has 0 N–H and O–H groups in total. The third kappa shape index (κ3) is 4.39. The van der Waals surface area contributed by atoms with Crippen LogP contribution in [0.1, 0.15) is 22.8 Å². The van der Waals surface area contributed by atoms with Crippen LogP contribution in [0.2, 0.25) is 0 Å². The fourth-order valence-corrected chi connectivity index (χ4v) is 1.57. The number of alkyl halides is 7. The highest BCUT2D eigenvalue weighted by Crippen LogP contribution is 2.35. The van der Waals surface area contributed by atoms with Gasteiger partial charge in [-0.05, 0) is 25.1 Å². The van der Waals surface area contributed by atoms with Crippen molar-refractivity contribution in [2.75, 3.05) is 0 Å². The zero-order valence-corrected chi connectivity index (χ0v) is 11.4. The second kappa shape index (κ2) is 5.63. The van der Waals surface area contributed by atoms with Gasteiger partial charge in [0.05, 0.1) is 16.0 Å². The van der Waals surface area contributed by atoms with Gasteiger partial charge in [0.15, 0.2) is 5.78 Å². The van der Waals surface area contributed by atoms with E-state index in [0.29, 0.717) is 18.2 Å². The van der Waals surface area contributed by atoms with Crippen molar-refractivity contribution < 1.29 is 35.9 Å². The van der Waals surface area contributed by atoms with Gasteiger partial charge in [-0.3, -0.25) is 4.79 Å². The van der Waals surface area contributed by atoms with Gasteiger partial charge in [0.2, 0.25) is 0 Å². The number of rotatable bonds is 3. The van der Waals surface area contributed by atoms with Crippen molar-refractivity contribution in [3.63, 3.8) is 0 Å². The SMILES string of the molecule is CC(Br)C(=O)c1cc(C(F)(F)F)ccc1OC(F)(F)F. The van der Waals surface area contributed by atoms with E-state index in [9.17, 15) is 31.1 Å². The molecule has 0 bridgehead atoms. The molecule has 0 saturated heterocycles. The molecule has 1 aromatic rings. The van der Waals surface area contributed by atoms with Crippen LogP contribution in [0.5, 0.6) is 5.75 Å². The fraction of sp³-hybridized carbons (Fsp3) is 0.364. The number of Topliss-reactive ketones (excluding diaryl/α,β-unsaturated/α-hetero) is 1. The maximum Gasteiger partial charge on any atom is 0.573 e. The van der Waals surface area contributed by atoms with E-state index in [2.05, 4.69) is 20.7 Å². The Morgan fingerprint density at radius 2 is 1.75 bits per heavy atom. The minimum absolute atomic E-state index is 0.334. The van der Waals surface area contributed by atoms with Crippen molar-refractivity contribution >= 4 is 21.7 Å². The number of hydrogen-bond acceptors (Lipinski definition) is 2. The molecular formula is C11H7BrF6O2. The van der Waals surface area contributed by atoms with E-state index >= 15 is 0 Å². The summed E-state index contributed by atoms with van der Waals surface area (Å²) in [5.41, 5.74) is -2.02. The van der Waals surface area contributed by atoms with Crippen molar-refractivity contribution in [1.82, 2.24) is 0 Å². The van der Waals surface area contributed by atoms with Crippen LogP contribution in [0.3, 0.4) is 0 Å². The van der Waals surface area contributed by atoms with Crippen LogP contribution >= 0.6 is 15.9 Å². The first-order valence-electron chi connectivity index (χ1n) is 5.07. The lowest BCUT2D eigenvalue weighted by molar-refractivity contribution is -0.274. The largest absolute Gasteiger partial charge is 0.573 e. The van der Waals surface area contributed by atoms with Crippen LogP contribution in [0.15, 0.2) is 18.2 Å². The highest BCUT2D eigenvalue weighted by molar-refractivity contribution is 9.10. The molecule has 0 aromatic heterocycles. The summed E-state index contributed by atoms with van der Waals surface area (Å²) >= 11 is 2.80. The molecule has 0 spiro atoms. The molecule has 0 aliphatic heterocycles. The minimum Gasteiger partial charge on any atom is -0.405 e. The Kier molecular flexibility index (Phi) is 4.73.